The molecule has 0 aliphatic carbocycles. The number of carbonyl (C=O) groups is 2. The van der Waals surface area contributed by atoms with E-state index in [1.54, 1.807) is 20.8 Å². The van der Waals surface area contributed by atoms with Crippen LogP contribution in [0, 0.1) is 17.2 Å². The molecule has 27 heavy (non-hydrogen) atoms. The van der Waals surface area contributed by atoms with Crippen molar-refractivity contribution in [2.75, 3.05) is 14.1 Å². The highest BCUT2D eigenvalue weighted by molar-refractivity contribution is 7.89. The Labute approximate surface area is 160 Å². The molecule has 0 heterocycles. The zero-order valence-electron chi connectivity index (χ0n) is 16.3. The SMILES string of the molecule is CC(C)[C@@](C)(C#N)NC(=O)[C@@H](C)OC(=O)c1cccc(S(=O)(=O)N(C)C)c1. The van der Waals surface area contributed by atoms with Gasteiger partial charge in [0.15, 0.2) is 6.10 Å². The average molecular weight is 395 g/mol. The summed E-state index contributed by atoms with van der Waals surface area (Å²) in [4.78, 5) is 24.5. The summed E-state index contributed by atoms with van der Waals surface area (Å²) in [6, 6.07) is 7.41. The van der Waals surface area contributed by atoms with Crippen LogP contribution in [0.1, 0.15) is 38.1 Å². The van der Waals surface area contributed by atoms with Gasteiger partial charge in [0, 0.05) is 14.1 Å². The number of carbonyl (C=O) groups excluding carboxylic acids is 2. The van der Waals surface area contributed by atoms with Crippen molar-refractivity contribution in [3.05, 3.63) is 29.8 Å². The number of hydrogen-bond acceptors (Lipinski definition) is 6. The van der Waals surface area contributed by atoms with Gasteiger partial charge in [-0.2, -0.15) is 5.26 Å². The normalized spacial score (nSPS) is 14.9. The molecule has 0 bridgehead atoms. The zero-order valence-corrected chi connectivity index (χ0v) is 17.1. The zero-order chi connectivity index (χ0) is 21.0. The third-order valence-electron chi connectivity index (χ3n) is 4.27. The van der Waals surface area contributed by atoms with Crippen LogP contribution in [0.5, 0.6) is 0 Å². The lowest BCUT2D eigenvalue weighted by molar-refractivity contribution is -0.130. The summed E-state index contributed by atoms with van der Waals surface area (Å²) < 4.78 is 30.5. The fraction of sp³-hybridized carbons (Fsp3) is 0.500. The number of hydrogen-bond donors (Lipinski definition) is 1. The third-order valence-corrected chi connectivity index (χ3v) is 6.08. The fourth-order valence-electron chi connectivity index (χ4n) is 1.94. The Morgan fingerprint density at radius 2 is 1.85 bits per heavy atom. The van der Waals surface area contributed by atoms with Crippen molar-refractivity contribution in [1.82, 2.24) is 9.62 Å². The summed E-state index contributed by atoms with van der Waals surface area (Å²) in [5, 5.41) is 11.8. The molecule has 0 radical (unpaired) electrons. The van der Waals surface area contributed by atoms with Crippen LogP contribution in [-0.4, -0.2) is 50.3 Å². The molecule has 0 unspecified atom stereocenters. The fourth-order valence-corrected chi connectivity index (χ4v) is 2.88. The molecule has 1 rings (SSSR count). The number of nitrogens with zero attached hydrogens (tertiary/aromatic N) is 2. The predicted molar refractivity (Wildman–Crippen MR) is 99.2 cm³/mol. The minimum atomic E-state index is -3.70. The van der Waals surface area contributed by atoms with E-state index in [-0.39, 0.29) is 16.4 Å². The smallest absolute Gasteiger partial charge is 0.338 e. The summed E-state index contributed by atoms with van der Waals surface area (Å²) in [5.41, 5.74) is -1.10. The topological polar surface area (TPSA) is 117 Å². The van der Waals surface area contributed by atoms with Gasteiger partial charge in [-0.05, 0) is 38.0 Å². The number of nitrogens with one attached hydrogen (secondary N) is 1. The maximum absolute atomic E-state index is 12.3. The molecule has 148 valence electrons. The number of ether oxygens (including phenoxy) is 1. The van der Waals surface area contributed by atoms with E-state index in [1.165, 1.54) is 45.3 Å². The standard InChI is InChI=1S/C18H25N3O5S/c1-12(2)18(4,11-19)20-16(22)13(3)26-17(23)14-8-7-9-15(10-14)27(24,25)21(5)6/h7-10,12-13H,1-6H3,(H,20,22)/t13-,18-/m1/s1. The predicted octanol–water partition coefficient (Wildman–Crippen LogP) is 1.54. The van der Waals surface area contributed by atoms with Gasteiger partial charge in [0.25, 0.3) is 5.91 Å². The first-order valence-electron chi connectivity index (χ1n) is 8.32. The quantitative estimate of drug-likeness (QED) is 0.700. The van der Waals surface area contributed by atoms with E-state index >= 15 is 0 Å². The van der Waals surface area contributed by atoms with Gasteiger partial charge in [0.2, 0.25) is 10.0 Å². The third kappa shape index (κ3) is 5.28. The van der Waals surface area contributed by atoms with Gasteiger partial charge in [-0.1, -0.05) is 19.9 Å². The molecule has 0 aliphatic heterocycles. The van der Waals surface area contributed by atoms with Crippen LogP contribution >= 0.6 is 0 Å². The minimum absolute atomic E-state index is 0.00415. The van der Waals surface area contributed by atoms with Gasteiger partial charge in [0.05, 0.1) is 16.5 Å². The van der Waals surface area contributed by atoms with Crippen molar-refractivity contribution in [3.63, 3.8) is 0 Å². The van der Waals surface area contributed by atoms with E-state index < -0.39 is 33.5 Å². The number of rotatable bonds is 7. The Morgan fingerprint density at radius 1 is 1.26 bits per heavy atom. The first-order chi connectivity index (χ1) is 12.3. The van der Waals surface area contributed by atoms with E-state index in [0.29, 0.717) is 0 Å². The molecule has 0 spiro atoms. The van der Waals surface area contributed by atoms with Crippen LogP contribution in [0.4, 0.5) is 0 Å². The largest absolute Gasteiger partial charge is 0.449 e. The van der Waals surface area contributed by atoms with Gasteiger partial charge >= 0.3 is 5.97 Å². The monoisotopic (exact) mass is 395 g/mol. The van der Waals surface area contributed by atoms with Crippen LogP contribution in [-0.2, 0) is 19.6 Å². The van der Waals surface area contributed by atoms with Crippen molar-refractivity contribution in [3.8, 4) is 6.07 Å². The molecule has 0 saturated heterocycles. The first kappa shape index (κ1) is 22.6. The van der Waals surface area contributed by atoms with Crippen LogP contribution in [0.3, 0.4) is 0 Å². The minimum Gasteiger partial charge on any atom is -0.449 e. The number of amides is 1. The van der Waals surface area contributed by atoms with Gasteiger partial charge < -0.3 is 10.1 Å². The Bertz CT molecular complexity index is 858. The van der Waals surface area contributed by atoms with E-state index in [2.05, 4.69) is 5.32 Å². The summed E-state index contributed by atoms with van der Waals surface area (Å²) in [7, 11) is -0.939. The van der Waals surface area contributed by atoms with Crippen molar-refractivity contribution in [2.45, 2.75) is 44.2 Å². The molecule has 1 amide bonds. The maximum atomic E-state index is 12.3. The second kappa shape index (κ2) is 8.50. The van der Waals surface area contributed by atoms with Gasteiger partial charge in [-0.15, -0.1) is 0 Å². The van der Waals surface area contributed by atoms with E-state index in [9.17, 15) is 23.3 Å². The van der Waals surface area contributed by atoms with Gasteiger partial charge in [0.1, 0.15) is 5.54 Å². The van der Waals surface area contributed by atoms with Gasteiger partial charge in [-0.25, -0.2) is 17.5 Å². The Kier molecular flexibility index (Phi) is 7.11. The molecule has 1 N–H and O–H groups in total. The van der Waals surface area contributed by atoms with Crippen molar-refractivity contribution in [1.29, 1.82) is 5.26 Å². The Hall–Kier alpha value is -2.44. The van der Waals surface area contributed by atoms with E-state index in [0.717, 1.165) is 4.31 Å². The highest BCUT2D eigenvalue weighted by Crippen LogP contribution is 2.17. The molecule has 0 saturated carbocycles. The second-order valence-electron chi connectivity index (χ2n) is 6.82. The lowest BCUT2D eigenvalue weighted by Gasteiger charge is -2.28. The van der Waals surface area contributed by atoms with Crippen LogP contribution < -0.4 is 5.32 Å². The molecule has 1 aromatic rings. The summed E-state index contributed by atoms with van der Waals surface area (Å²) in [5.74, 6) is -1.60. The Morgan fingerprint density at radius 3 is 2.33 bits per heavy atom. The highest BCUT2D eigenvalue weighted by Gasteiger charge is 2.32. The van der Waals surface area contributed by atoms with Crippen LogP contribution in [0.2, 0.25) is 0 Å². The van der Waals surface area contributed by atoms with E-state index in [1.807, 2.05) is 6.07 Å². The molecule has 8 nitrogen and oxygen atoms in total. The molecule has 0 aliphatic rings. The Balaban J connectivity index is 2.94. The number of sulfonamides is 1. The lowest BCUT2D eigenvalue weighted by atomic mass is 9.90. The molecule has 2 atom stereocenters. The summed E-state index contributed by atoms with van der Waals surface area (Å²) >= 11 is 0. The molecular weight excluding hydrogens is 370 g/mol. The van der Waals surface area contributed by atoms with Crippen molar-refractivity contribution >= 4 is 21.9 Å². The molecular formula is C18H25N3O5S. The number of benzene rings is 1. The van der Waals surface area contributed by atoms with Gasteiger partial charge in [-0.3, -0.25) is 4.79 Å². The van der Waals surface area contributed by atoms with Crippen LogP contribution in [0.25, 0.3) is 0 Å². The molecule has 0 aromatic heterocycles. The van der Waals surface area contributed by atoms with Crippen molar-refractivity contribution < 1.29 is 22.7 Å². The summed E-state index contributed by atoms with van der Waals surface area (Å²) in [6.45, 7) is 6.54. The second-order valence-corrected chi connectivity index (χ2v) is 8.97. The number of esters is 1. The molecule has 9 heteroatoms. The van der Waals surface area contributed by atoms with E-state index in [4.69, 9.17) is 4.74 Å². The average Bonchev–Trinajstić information content (AvgIpc) is 2.61. The number of nitriles is 1. The molecule has 1 aromatic carbocycles. The van der Waals surface area contributed by atoms with Crippen LogP contribution in [0.15, 0.2) is 29.2 Å². The van der Waals surface area contributed by atoms with Crippen molar-refractivity contribution in [2.24, 2.45) is 5.92 Å². The molecule has 0 fully saturated rings. The summed E-state index contributed by atoms with van der Waals surface area (Å²) in [6.07, 6.45) is -1.15. The highest BCUT2D eigenvalue weighted by atomic mass is 32.2. The maximum Gasteiger partial charge on any atom is 0.338 e. The lowest BCUT2D eigenvalue weighted by Crippen LogP contribution is -2.52. The first-order valence-corrected chi connectivity index (χ1v) is 9.76.